The van der Waals surface area contributed by atoms with Crippen molar-refractivity contribution < 1.29 is 9.63 Å². The minimum absolute atomic E-state index is 0.100. The molecule has 2 rings (SSSR count). The van der Waals surface area contributed by atoms with Crippen molar-refractivity contribution in [3.8, 4) is 11.8 Å². The van der Waals surface area contributed by atoms with Gasteiger partial charge in [0.15, 0.2) is 11.3 Å². The molecule has 0 saturated heterocycles. The Morgan fingerprint density at radius 1 is 1.50 bits per heavy atom. The van der Waals surface area contributed by atoms with Gasteiger partial charge in [-0.3, -0.25) is 0 Å². The van der Waals surface area contributed by atoms with Crippen LogP contribution in [0, 0.1) is 11.3 Å². The van der Waals surface area contributed by atoms with Gasteiger partial charge in [0.05, 0.1) is 5.39 Å². The molecule has 0 spiro atoms. The molecule has 2 aromatic rings. The van der Waals surface area contributed by atoms with E-state index in [1.807, 2.05) is 6.07 Å². The molecule has 0 saturated carbocycles. The lowest BCUT2D eigenvalue weighted by atomic mass is 10.2. The van der Waals surface area contributed by atoms with Gasteiger partial charge in [0.2, 0.25) is 0 Å². The van der Waals surface area contributed by atoms with Crippen molar-refractivity contribution in [3.63, 3.8) is 0 Å². The van der Waals surface area contributed by atoms with E-state index in [0.717, 1.165) is 0 Å². The summed E-state index contributed by atoms with van der Waals surface area (Å²) < 4.78 is 4.79. The predicted octanol–water partition coefficient (Wildman–Crippen LogP) is 1.41. The average Bonchev–Trinajstić information content (AvgIpc) is 2.46. The number of phenolic OH excluding ortho intramolecular Hbond substituents is 1. The molecule has 58 valence electrons. The standard InChI is InChI=1S/C8H4N2O2/c9-4-7-6-2-1-5(11)3-8(6)12-10-7/h1-3,11H. The van der Waals surface area contributed by atoms with Gasteiger partial charge in [0.25, 0.3) is 0 Å². The Morgan fingerprint density at radius 2 is 2.33 bits per heavy atom. The lowest BCUT2D eigenvalue weighted by Crippen LogP contribution is -1.71. The number of aromatic hydroxyl groups is 1. The number of hydrogen-bond donors (Lipinski definition) is 1. The molecular weight excluding hydrogens is 156 g/mol. The number of fused-ring (bicyclic) bond motifs is 1. The number of rotatable bonds is 0. The van der Waals surface area contributed by atoms with E-state index >= 15 is 0 Å². The molecule has 1 N–H and O–H groups in total. The quantitative estimate of drug-likeness (QED) is 0.632. The molecule has 0 radical (unpaired) electrons. The van der Waals surface area contributed by atoms with Crippen LogP contribution in [0.2, 0.25) is 0 Å². The zero-order chi connectivity index (χ0) is 8.55. The van der Waals surface area contributed by atoms with E-state index < -0.39 is 0 Å². The second-order valence-corrected chi connectivity index (χ2v) is 2.32. The third-order valence-corrected chi connectivity index (χ3v) is 1.56. The minimum atomic E-state index is 0.100. The fourth-order valence-electron chi connectivity index (χ4n) is 1.01. The highest BCUT2D eigenvalue weighted by Gasteiger charge is 2.06. The second kappa shape index (κ2) is 2.24. The van der Waals surface area contributed by atoms with E-state index in [0.29, 0.717) is 11.0 Å². The molecule has 1 aromatic heterocycles. The first-order chi connectivity index (χ1) is 5.81. The number of nitrogens with zero attached hydrogens (tertiary/aromatic N) is 2. The fourth-order valence-corrected chi connectivity index (χ4v) is 1.01. The maximum Gasteiger partial charge on any atom is 0.191 e. The van der Waals surface area contributed by atoms with Crippen LogP contribution in [-0.2, 0) is 0 Å². The van der Waals surface area contributed by atoms with Crippen molar-refractivity contribution in [3.05, 3.63) is 23.9 Å². The first-order valence-corrected chi connectivity index (χ1v) is 3.30. The van der Waals surface area contributed by atoms with Crippen LogP contribution in [0.4, 0.5) is 0 Å². The largest absolute Gasteiger partial charge is 0.508 e. The smallest absolute Gasteiger partial charge is 0.191 e. The molecule has 4 nitrogen and oxygen atoms in total. The molecule has 0 amide bonds. The molecule has 0 fully saturated rings. The molecule has 0 aliphatic heterocycles. The van der Waals surface area contributed by atoms with Gasteiger partial charge in [-0.25, -0.2) is 0 Å². The SMILES string of the molecule is N#Cc1noc2cc(O)ccc12. The number of nitriles is 1. The fraction of sp³-hybridized carbons (Fsp3) is 0. The molecular formula is C8H4N2O2. The van der Waals surface area contributed by atoms with Gasteiger partial charge in [-0.1, -0.05) is 5.16 Å². The summed E-state index contributed by atoms with van der Waals surface area (Å²) in [6, 6.07) is 6.39. The van der Waals surface area contributed by atoms with Crippen molar-refractivity contribution in [2.45, 2.75) is 0 Å². The summed E-state index contributed by atoms with van der Waals surface area (Å²) in [6.07, 6.45) is 0. The van der Waals surface area contributed by atoms with Gasteiger partial charge >= 0.3 is 0 Å². The van der Waals surface area contributed by atoms with Crippen molar-refractivity contribution in [1.29, 1.82) is 5.26 Å². The highest BCUT2D eigenvalue weighted by atomic mass is 16.5. The van der Waals surface area contributed by atoms with Crippen LogP contribution in [0.3, 0.4) is 0 Å². The highest BCUT2D eigenvalue weighted by molar-refractivity contribution is 5.82. The second-order valence-electron chi connectivity index (χ2n) is 2.32. The molecule has 1 aromatic carbocycles. The summed E-state index contributed by atoms with van der Waals surface area (Å²) in [5, 5.41) is 21.7. The predicted molar refractivity (Wildman–Crippen MR) is 40.4 cm³/mol. The van der Waals surface area contributed by atoms with Gasteiger partial charge in [0.1, 0.15) is 11.8 Å². The van der Waals surface area contributed by atoms with Gasteiger partial charge in [-0.05, 0) is 12.1 Å². The van der Waals surface area contributed by atoms with Crippen LogP contribution in [0.5, 0.6) is 5.75 Å². The summed E-state index contributed by atoms with van der Waals surface area (Å²) >= 11 is 0. The Hall–Kier alpha value is -2.02. The van der Waals surface area contributed by atoms with Gasteiger partial charge in [0, 0.05) is 6.07 Å². The third kappa shape index (κ3) is 0.805. The molecule has 12 heavy (non-hydrogen) atoms. The lowest BCUT2D eigenvalue weighted by molar-refractivity contribution is 0.447. The summed E-state index contributed by atoms with van der Waals surface area (Å²) in [5.41, 5.74) is 0.663. The zero-order valence-electron chi connectivity index (χ0n) is 5.98. The summed E-state index contributed by atoms with van der Waals surface area (Å²) in [5.74, 6) is 0.100. The van der Waals surface area contributed by atoms with Crippen LogP contribution >= 0.6 is 0 Å². The van der Waals surface area contributed by atoms with Crippen molar-refractivity contribution >= 4 is 11.0 Å². The Balaban J connectivity index is 2.84. The number of hydrogen-bond acceptors (Lipinski definition) is 4. The monoisotopic (exact) mass is 160 g/mol. The first-order valence-electron chi connectivity index (χ1n) is 3.30. The van der Waals surface area contributed by atoms with Gasteiger partial charge < -0.3 is 9.63 Å². The minimum Gasteiger partial charge on any atom is -0.508 e. The number of benzene rings is 1. The van der Waals surface area contributed by atoms with E-state index in [2.05, 4.69) is 5.16 Å². The maximum absolute atomic E-state index is 9.04. The lowest BCUT2D eigenvalue weighted by Gasteiger charge is -1.87. The molecule has 0 aliphatic rings. The molecule has 0 unspecified atom stereocenters. The van der Waals surface area contributed by atoms with E-state index in [-0.39, 0.29) is 11.4 Å². The molecule has 0 aliphatic carbocycles. The van der Waals surface area contributed by atoms with Gasteiger partial charge in [-0.15, -0.1) is 0 Å². The molecule has 0 atom stereocenters. The van der Waals surface area contributed by atoms with Crippen molar-refractivity contribution in [2.24, 2.45) is 0 Å². The average molecular weight is 160 g/mol. The number of aromatic nitrogens is 1. The first kappa shape index (κ1) is 6.68. The summed E-state index contributed by atoms with van der Waals surface area (Å²) in [6.45, 7) is 0. The number of phenols is 1. The Kier molecular flexibility index (Phi) is 1.25. The van der Waals surface area contributed by atoms with Crippen molar-refractivity contribution in [1.82, 2.24) is 5.16 Å². The molecule has 1 heterocycles. The van der Waals surface area contributed by atoms with Crippen molar-refractivity contribution in [2.75, 3.05) is 0 Å². The Labute approximate surface area is 67.6 Å². The van der Waals surface area contributed by atoms with Crippen LogP contribution < -0.4 is 0 Å². The van der Waals surface area contributed by atoms with E-state index in [4.69, 9.17) is 14.9 Å². The third-order valence-electron chi connectivity index (χ3n) is 1.56. The van der Waals surface area contributed by atoms with Crippen LogP contribution in [0.1, 0.15) is 5.69 Å². The molecule has 0 bridgehead atoms. The van der Waals surface area contributed by atoms with E-state index in [1.54, 1.807) is 6.07 Å². The van der Waals surface area contributed by atoms with E-state index in [1.165, 1.54) is 12.1 Å². The normalized spacial score (nSPS) is 9.92. The topological polar surface area (TPSA) is 70.0 Å². The van der Waals surface area contributed by atoms with Gasteiger partial charge in [-0.2, -0.15) is 5.26 Å². The Bertz CT molecular complexity index is 467. The zero-order valence-corrected chi connectivity index (χ0v) is 5.98. The van der Waals surface area contributed by atoms with E-state index in [9.17, 15) is 0 Å². The molecule has 4 heteroatoms. The Morgan fingerprint density at radius 3 is 3.08 bits per heavy atom. The van der Waals surface area contributed by atoms with Crippen LogP contribution in [0.25, 0.3) is 11.0 Å². The maximum atomic E-state index is 9.04. The highest BCUT2D eigenvalue weighted by Crippen LogP contribution is 2.21. The van der Waals surface area contributed by atoms with Crippen LogP contribution in [-0.4, -0.2) is 10.3 Å². The van der Waals surface area contributed by atoms with Crippen LogP contribution in [0.15, 0.2) is 22.7 Å². The summed E-state index contributed by atoms with van der Waals surface area (Å²) in [7, 11) is 0. The summed E-state index contributed by atoms with van der Waals surface area (Å²) in [4.78, 5) is 0.